The number of aryl methyl sites for hydroxylation is 1. The van der Waals surface area contributed by atoms with Gasteiger partial charge in [-0.1, -0.05) is 6.42 Å². The van der Waals surface area contributed by atoms with E-state index in [1.165, 1.54) is 19.3 Å². The van der Waals surface area contributed by atoms with Crippen LogP contribution in [0.4, 0.5) is 0 Å². The third-order valence-corrected chi connectivity index (χ3v) is 3.64. The van der Waals surface area contributed by atoms with Crippen LogP contribution in [0.5, 0.6) is 0 Å². The van der Waals surface area contributed by atoms with E-state index in [2.05, 4.69) is 12.2 Å². The van der Waals surface area contributed by atoms with Gasteiger partial charge < -0.3 is 15.5 Å². The van der Waals surface area contributed by atoms with Crippen molar-refractivity contribution < 1.29 is 4.42 Å². The molecule has 0 aromatic carbocycles. The van der Waals surface area contributed by atoms with Crippen molar-refractivity contribution in [2.45, 2.75) is 63.6 Å². The fourth-order valence-electron chi connectivity index (χ4n) is 2.68. The number of hydrogen-bond donors (Lipinski definition) is 2. The van der Waals surface area contributed by atoms with Crippen LogP contribution in [0.1, 0.15) is 44.8 Å². The molecule has 17 heavy (non-hydrogen) atoms. The first kappa shape index (κ1) is 12.7. The lowest BCUT2D eigenvalue weighted by atomic mass is 9.91. The van der Waals surface area contributed by atoms with E-state index in [0.717, 1.165) is 25.0 Å². The average molecular weight is 236 g/mol. The summed E-state index contributed by atoms with van der Waals surface area (Å²) < 4.78 is 5.34. The van der Waals surface area contributed by atoms with Gasteiger partial charge in [0, 0.05) is 24.5 Å². The molecule has 1 aliphatic carbocycles. The summed E-state index contributed by atoms with van der Waals surface area (Å²) in [5.41, 5.74) is 6.00. The predicted molar refractivity (Wildman–Crippen MR) is 69.9 cm³/mol. The molecule has 3 heteroatoms. The summed E-state index contributed by atoms with van der Waals surface area (Å²) in [7, 11) is 0. The Balaban J connectivity index is 1.67. The molecule has 96 valence electrons. The normalized spacial score (nSPS) is 26.9. The van der Waals surface area contributed by atoms with Gasteiger partial charge in [-0.2, -0.15) is 0 Å². The van der Waals surface area contributed by atoms with E-state index in [1.54, 1.807) is 6.26 Å². The fourth-order valence-corrected chi connectivity index (χ4v) is 2.68. The van der Waals surface area contributed by atoms with Gasteiger partial charge in [-0.3, -0.25) is 0 Å². The van der Waals surface area contributed by atoms with E-state index >= 15 is 0 Å². The lowest BCUT2D eigenvalue weighted by Gasteiger charge is -2.30. The summed E-state index contributed by atoms with van der Waals surface area (Å²) in [6, 6.07) is 5.55. The van der Waals surface area contributed by atoms with Crippen LogP contribution in [0.25, 0.3) is 0 Å². The topological polar surface area (TPSA) is 51.2 Å². The Labute approximate surface area is 104 Å². The number of nitrogens with two attached hydrogens (primary N) is 1. The zero-order chi connectivity index (χ0) is 12.1. The maximum absolute atomic E-state index is 6.00. The lowest BCUT2D eigenvalue weighted by molar-refractivity contribution is 0.309. The molecule has 3 N–H and O–H groups in total. The highest BCUT2D eigenvalue weighted by molar-refractivity contribution is 4.98. The first-order valence-electron chi connectivity index (χ1n) is 6.78. The minimum absolute atomic E-state index is 0.401. The second-order valence-corrected chi connectivity index (χ2v) is 5.31. The van der Waals surface area contributed by atoms with Gasteiger partial charge in [0.2, 0.25) is 0 Å². The Kier molecular flexibility index (Phi) is 4.63. The van der Waals surface area contributed by atoms with E-state index in [9.17, 15) is 0 Å². The summed E-state index contributed by atoms with van der Waals surface area (Å²) in [4.78, 5) is 0. The number of nitrogens with one attached hydrogen (secondary N) is 1. The van der Waals surface area contributed by atoms with Crippen LogP contribution in [-0.2, 0) is 6.42 Å². The maximum atomic E-state index is 6.00. The van der Waals surface area contributed by atoms with Gasteiger partial charge in [0.25, 0.3) is 0 Å². The van der Waals surface area contributed by atoms with Crippen LogP contribution >= 0.6 is 0 Å². The second-order valence-electron chi connectivity index (χ2n) is 5.31. The van der Waals surface area contributed by atoms with E-state index in [-0.39, 0.29) is 0 Å². The molecule has 1 aromatic heterocycles. The molecule has 1 fully saturated rings. The molecule has 0 bridgehead atoms. The highest BCUT2D eigenvalue weighted by Crippen LogP contribution is 2.18. The van der Waals surface area contributed by atoms with E-state index in [0.29, 0.717) is 18.1 Å². The molecule has 1 aromatic rings. The smallest absolute Gasteiger partial charge is 0.103 e. The molecule has 1 saturated carbocycles. The lowest BCUT2D eigenvalue weighted by Crippen LogP contribution is -2.43. The summed E-state index contributed by atoms with van der Waals surface area (Å²) in [6.07, 6.45) is 8.75. The molecular weight excluding hydrogens is 212 g/mol. The van der Waals surface area contributed by atoms with Crippen LogP contribution in [0, 0.1) is 0 Å². The van der Waals surface area contributed by atoms with Gasteiger partial charge in [-0.25, -0.2) is 0 Å². The number of hydrogen-bond acceptors (Lipinski definition) is 3. The van der Waals surface area contributed by atoms with Crippen molar-refractivity contribution in [3.63, 3.8) is 0 Å². The minimum Gasteiger partial charge on any atom is -0.469 e. The van der Waals surface area contributed by atoms with Crippen LogP contribution < -0.4 is 11.1 Å². The highest BCUT2D eigenvalue weighted by Gasteiger charge is 2.20. The van der Waals surface area contributed by atoms with Crippen molar-refractivity contribution in [3.05, 3.63) is 24.2 Å². The van der Waals surface area contributed by atoms with Crippen LogP contribution in [0.3, 0.4) is 0 Å². The Morgan fingerprint density at radius 2 is 2.41 bits per heavy atom. The van der Waals surface area contributed by atoms with Gasteiger partial charge in [-0.15, -0.1) is 0 Å². The number of furan rings is 1. The quantitative estimate of drug-likeness (QED) is 0.825. The molecule has 2 rings (SSSR count). The third-order valence-electron chi connectivity index (χ3n) is 3.64. The van der Waals surface area contributed by atoms with Crippen molar-refractivity contribution in [1.29, 1.82) is 0 Å². The summed E-state index contributed by atoms with van der Waals surface area (Å²) in [6.45, 7) is 2.25. The molecule has 0 spiro atoms. The van der Waals surface area contributed by atoms with Crippen molar-refractivity contribution in [2.75, 3.05) is 0 Å². The molecule has 0 aliphatic heterocycles. The van der Waals surface area contributed by atoms with Gasteiger partial charge in [0.1, 0.15) is 5.76 Å². The Hall–Kier alpha value is -0.800. The first-order chi connectivity index (χ1) is 8.24. The van der Waals surface area contributed by atoms with Crippen molar-refractivity contribution in [3.8, 4) is 0 Å². The zero-order valence-corrected chi connectivity index (χ0v) is 10.7. The van der Waals surface area contributed by atoms with E-state index in [4.69, 9.17) is 10.2 Å². The highest BCUT2D eigenvalue weighted by atomic mass is 16.3. The Morgan fingerprint density at radius 3 is 3.12 bits per heavy atom. The van der Waals surface area contributed by atoms with Gasteiger partial charge >= 0.3 is 0 Å². The minimum atomic E-state index is 0.401. The zero-order valence-electron chi connectivity index (χ0n) is 10.7. The van der Waals surface area contributed by atoms with Crippen LogP contribution in [0.15, 0.2) is 22.8 Å². The molecule has 3 nitrogen and oxygen atoms in total. The predicted octanol–water partition coefficient (Wildman–Crippen LogP) is 2.46. The fraction of sp³-hybridized carbons (Fsp3) is 0.714. The van der Waals surface area contributed by atoms with Crippen molar-refractivity contribution in [1.82, 2.24) is 5.32 Å². The van der Waals surface area contributed by atoms with Crippen molar-refractivity contribution in [2.24, 2.45) is 5.73 Å². The van der Waals surface area contributed by atoms with E-state index < -0.39 is 0 Å². The molecule has 1 heterocycles. The summed E-state index contributed by atoms with van der Waals surface area (Å²) in [5, 5.41) is 3.69. The molecule has 0 saturated heterocycles. The van der Waals surface area contributed by atoms with Crippen LogP contribution in [-0.4, -0.2) is 18.1 Å². The Bertz CT molecular complexity index is 310. The van der Waals surface area contributed by atoms with Gasteiger partial charge in [0.15, 0.2) is 0 Å². The molecule has 0 amide bonds. The maximum Gasteiger partial charge on any atom is 0.103 e. The SMILES string of the molecule is CC(CCc1ccco1)NC1CCCC(N)C1. The monoisotopic (exact) mass is 236 g/mol. The van der Waals surface area contributed by atoms with E-state index in [1.807, 2.05) is 12.1 Å². The standard InChI is InChI=1S/C14H24N2O/c1-11(7-8-14-6-3-9-17-14)16-13-5-2-4-12(15)10-13/h3,6,9,11-13,16H,2,4-5,7-8,10,15H2,1H3. The molecule has 1 aliphatic rings. The molecule has 0 radical (unpaired) electrons. The Morgan fingerprint density at radius 1 is 1.53 bits per heavy atom. The number of rotatable bonds is 5. The third kappa shape index (κ3) is 4.17. The summed E-state index contributed by atoms with van der Waals surface area (Å²) in [5.74, 6) is 1.08. The molecule has 3 unspecified atom stereocenters. The van der Waals surface area contributed by atoms with Crippen LogP contribution in [0.2, 0.25) is 0 Å². The first-order valence-corrected chi connectivity index (χ1v) is 6.78. The van der Waals surface area contributed by atoms with Gasteiger partial charge in [0.05, 0.1) is 6.26 Å². The summed E-state index contributed by atoms with van der Waals surface area (Å²) >= 11 is 0. The van der Waals surface area contributed by atoms with Gasteiger partial charge in [-0.05, 0) is 44.7 Å². The second kappa shape index (κ2) is 6.22. The molecular formula is C14H24N2O. The largest absolute Gasteiger partial charge is 0.469 e. The molecule has 3 atom stereocenters. The van der Waals surface area contributed by atoms with Crippen molar-refractivity contribution >= 4 is 0 Å². The average Bonchev–Trinajstić information content (AvgIpc) is 2.79.